The zero-order valence-electron chi connectivity index (χ0n) is 6.00. The van der Waals surface area contributed by atoms with Crippen molar-refractivity contribution in [1.82, 2.24) is 4.98 Å². The Morgan fingerprint density at radius 2 is 2.20 bits per heavy atom. The Morgan fingerprint density at radius 1 is 1.50 bits per heavy atom. The number of pyridine rings is 1. The third kappa shape index (κ3) is 1.61. The van der Waals surface area contributed by atoms with E-state index in [1.807, 2.05) is 25.1 Å². The van der Waals surface area contributed by atoms with E-state index >= 15 is 0 Å². The second kappa shape index (κ2) is 2.88. The molecule has 1 aromatic rings. The third-order valence-corrected chi connectivity index (χ3v) is 1.40. The van der Waals surface area contributed by atoms with Crippen LogP contribution in [0, 0.1) is 0 Å². The smallest absolute Gasteiger partial charge is 0.129 e. The standard InChI is InChI=1S/C7H9ClN2/c1-10(2)7-5-6(8)3-4-9-7/h3-5H,1-2H3. The summed E-state index contributed by atoms with van der Waals surface area (Å²) in [5, 5.41) is 0.721. The minimum absolute atomic E-state index is 0.721. The van der Waals surface area contributed by atoms with E-state index < -0.39 is 0 Å². The molecular formula is C7H9ClN2. The Morgan fingerprint density at radius 3 is 2.60 bits per heavy atom. The Balaban J connectivity index is 2.96. The van der Waals surface area contributed by atoms with Crippen LogP contribution in [0.15, 0.2) is 18.3 Å². The summed E-state index contributed by atoms with van der Waals surface area (Å²) in [6.45, 7) is 0. The monoisotopic (exact) mass is 156 g/mol. The van der Waals surface area contributed by atoms with Crippen molar-refractivity contribution in [3.05, 3.63) is 23.4 Å². The zero-order chi connectivity index (χ0) is 7.56. The Labute approximate surface area is 65.4 Å². The number of aromatic nitrogens is 1. The lowest BCUT2D eigenvalue weighted by molar-refractivity contribution is 1.07. The highest BCUT2D eigenvalue weighted by Crippen LogP contribution is 2.13. The Hall–Kier alpha value is -0.760. The van der Waals surface area contributed by atoms with Crippen molar-refractivity contribution in [2.45, 2.75) is 0 Å². The number of rotatable bonds is 1. The maximum Gasteiger partial charge on any atom is 0.129 e. The predicted octanol–water partition coefficient (Wildman–Crippen LogP) is 1.80. The van der Waals surface area contributed by atoms with Gasteiger partial charge in [0.05, 0.1) is 0 Å². The van der Waals surface area contributed by atoms with Gasteiger partial charge >= 0.3 is 0 Å². The molecule has 2 nitrogen and oxygen atoms in total. The second-order valence-corrected chi connectivity index (χ2v) is 2.66. The van der Waals surface area contributed by atoms with E-state index in [2.05, 4.69) is 4.98 Å². The van der Waals surface area contributed by atoms with Crippen LogP contribution in [-0.2, 0) is 0 Å². The van der Waals surface area contributed by atoms with E-state index in [1.165, 1.54) is 0 Å². The van der Waals surface area contributed by atoms with E-state index in [-0.39, 0.29) is 0 Å². The van der Waals surface area contributed by atoms with Crippen LogP contribution in [0.1, 0.15) is 0 Å². The largest absolute Gasteiger partial charge is 0.363 e. The highest BCUT2D eigenvalue weighted by molar-refractivity contribution is 6.30. The van der Waals surface area contributed by atoms with E-state index in [1.54, 1.807) is 12.3 Å². The number of hydrogen-bond acceptors (Lipinski definition) is 2. The van der Waals surface area contributed by atoms with Crippen molar-refractivity contribution < 1.29 is 0 Å². The van der Waals surface area contributed by atoms with Crippen LogP contribution in [0.25, 0.3) is 0 Å². The van der Waals surface area contributed by atoms with Gasteiger partial charge in [0.25, 0.3) is 0 Å². The molecule has 0 aliphatic rings. The van der Waals surface area contributed by atoms with Gasteiger partial charge in [0, 0.05) is 25.3 Å². The molecule has 0 unspecified atom stereocenters. The van der Waals surface area contributed by atoms with Gasteiger partial charge in [-0.15, -0.1) is 0 Å². The molecule has 54 valence electrons. The SMILES string of the molecule is CN(C)c1cc(Cl)ccn1. The van der Waals surface area contributed by atoms with Gasteiger partial charge in [-0.3, -0.25) is 0 Å². The molecule has 0 aromatic carbocycles. The summed E-state index contributed by atoms with van der Waals surface area (Å²) in [5.74, 6) is 0.882. The molecule has 0 saturated heterocycles. The van der Waals surface area contributed by atoms with Crippen molar-refractivity contribution in [2.24, 2.45) is 0 Å². The molecule has 0 saturated carbocycles. The highest BCUT2D eigenvalue weighted by atomic mass is 35.5. The van der Waals surface area contributed by atoms with E-state index in [0.29, 0.717) is 0 Å². The molecule has 0 radical (unpaired) electrons. The van der Waals surface area contributed by atoms with Crippen LogP contribution in [0.2, 0.25) is 5.02 Å². The van der Waals surface area contributed by atoms with Crippen molar-refractivity contribution in [2.75, 3.05) is 19.0 Å². The topological polar surface area (TPSA) is 16.1 Å². The van der Waals surface area contributed by atoms with E-state index in [9.17, 15) is 0 Å². The van der Waals surface area contributed by atoms with Crippen molar-refractivity contribution in [1.29, 1.82) is 0 Å². The third-order valence-electron chi connectivity index (χ3n) is 1.17. The molecule has 1 rings (SSSR count). The molecule has 0 atom stereocenters. The first kappa shape index (κ1) is 7.35. The summed E-state index contributed by atoms with van der Waals surface area (Å²) in [5.41, 5.74) is 0. The summed E-state index contributed by atoms with van der Waals surface area (Å²) in [6, 6.07) is 3.58. The van der Waals surface area contributed by atoms with Crippen molar-refractivity contribution in [3.63, 3.8) is 0 Å². The molecule has 0 fully saturated rings. The van der Waals surface area contributed by atoms with Gasteiger partial charge in [0.2, 0.25) is 0 Å². The maximum atomic E-state index is 5.72. The van der Waals surface area contributed by atoms with Crippen molar-refractivity contribution >= 4 is 17.4 Å². The van der Waals surface area contributed by atoms with Gasteiger partial charge in [0.1, 0.15) is 5.82 Å². The molecule has 10 heavy (non-hydrogen) atoms. The fourth-order valence-electron chi connectivity index (χ4n) is 0.638. The predicted molar refractivity (Wildman–Crippen MR) is 43.6 cm³/mol. The molecule has 3 heteroatoms. The fourth-order valence-corrected chi connectivity index (χ4v) is 0.792. The van der Waals surface area contributed by atoms with Gasteiger partial charge in [-0.1, -0.05) is 11.6 Å². The first-order valence-electron chi connectivity index (χ1n) is 2.99. The molecule has 0 N–H and O–H groups in total. The summed E-state index contributed by atoms with van der Waals surface area (Å²) in [4.78, 5) is 5.99. The molecular weight excluding hydrogens is 148 g/mol. The van der Waals surface area contributed by atoms with Crippen LogP contribution < -0.4 is 4.90 Å². The first-order valence-corrected chi connectivity index (χ1v) is 3.37. The van der Waals surface area contributed by atoms with Crippen LogP contribution in [-0.4, -0.2) is 19.1 Å². The van der Waals surface area contributed by atoms with Gasteiger partial charge in [-0.25, -0.2) is 4.98 Å². The van der Waals surface area contributed by atoms with Gasteiger partial charge < -0.3 is 4.90 Å². The van der Waals surface area contributed by atoms with Gasteiger partial charge in [0.15, 0.2) is 0 Å². The molecule has 0 amide bonds. The molecule has 0 bridgehead atoms. The van der Waals surface area contributed by atoms with Crippen molar-refractivity contribution in [3.8, 4) is 0 Å². The van der Waals surface area contributed by atoms with Gasteiger partial charge in [-0.2, -0.15) is 0 Å². The molecule has 1 aromatic heterocycles. The second-order valence-electron chi connectivity index (χ2n) is 2.23. The highest BCUT2D eigenvalue weighted by Gasteiger charge is 1.94. The Kier molecular flexibility index (Phi) is 2.12. The molecule has 0 aliphatic carbocycles. The van der Waals surface area contributed by atoms with Crippen LogP contribution in [0.4, 0.5) is 5.82 Å². The van der Waals surface area contributed by atoms with Gasteiger partial charge in [-0.05, 0) is 12.1 Å². The number of anilines is 1. The minimum atomic E-state index is 0.721. The summed E-state index contributed by atoms with van der Waals surface area (Å²) < 4.78 is 0. The normalized spacial score (nSPS) is 9.50. The van der Waals surface area contributed by atoms with Crippen LogP contribution in [0.5, 0.6) is 0 Å². The van der Waals surface area contributed by atoms with Crippen LogP contribution >= 0.6 is 11.6 Å². The van der Waals surface area contributed by atoms with E-state index in [4.69, 9.17) is 11.6 Å². The summed E-state index contributed by atoms with van der Waals surface area (Å²) in [7, 11) is 3.86. The van der Waals surface area contributed by atoms with E-state index in [0.717, 1.165) is 10.8 Å². The number of halogens is 1. The fraction of sp³-hybridized carbons (Fsp3) is 0.286. The summed E-state index contributed by atoms with van der Waals surface area (Å²) >= 11 is 5.72. The lowest BCUT2D eigenvalue weighted by Gasteiger charge is -2.09. The molecule has 1 heterocycles. The lowest BCUT2D eigenvalue weighted by Crippen LogP contribution is -2.09. The maximum absolute atomic E-state index is 5.72. The minimum Gasteiger partial charge on any atom is -0.363 e. The average molecular weight is 157 g/mol. The number of nitrogens with zero attached hydrogens (tertiary/aromatic N) is 2. The molecule has 0 aliphatic heterocycles. The van der Waals surface area contributed by atoms with Crippen LogP contribution in [0.3, 0.4) is 0 Å². The quantitative estimate of drug-likeness (QED) is 0.617. The Bertz CT molecular complexity index is 223. The first-order chi connectivity index (χ1) is 4.70. The summed E-state index contributed by atoms with van der Waals surface area (Å²) in [6.07, 6.45) is 1.69. The average Bonchev–Trinajstić information content (AvgIpc) is 1.88. The molecule has 0 spiro atoms. The zero-order valence-corrected chi connectivity index (χ0v) is 6.76. The number of hydrogen-bond donors (Lipinski definition) is 0. The lowest BCUT2D eigenvalue weighted by atomic mass is 10.4.